The van der Waals surface area contributed by atoms with Crippen molar-refractivity contribution in [2.75, 3.05) is 24.9 Å². The first kappa shape index (κ1) is 17.3. The summed E-state index contributed by atoms with van der Waals surface area (Å²) in [7, 11) is 3.17. The maximum Gasteiger partial charge on any atom is 0.259 e. The van der Waals surface area contributed by atoms with E-state index in [0.717, 1.165) is 11.4 Å². The first-order chi connectivity index (χ1) is 12.7. The van der Waals surface area contributed by atoms with Crippen LogP contribution in [0.15, 0.2) is 66.9 Å². The molecule has 1 amide bonds. The molecular formula is C20H19N3O3. The van der Waals surface area contributed by atoms with Gasteiger partial charge in [0.25, 0.3) is 5.91 Å². The molecule has 6 heteroatoms. The quantitative estimate of drug-likeness (QED) is 0.701. The van der Waals surface area contributed by atoms with Crippen LogP contribution in [0.2, 0.25) is 0 Å². The number of anilines is 3. The Balaban J connectivity index is 1.82. The second kappa shape index (κ2) is 8.02. The third-order valence-electron chi connectivity index (χ3n) is 3.76. The Hall–Kier alpha value is -3.54. The largest absolute Gasteiger partial charge is 0.497 e. The predicted octanol–water partition coefficient (Wildman–Crippen LogP) is 4.09. The fourth-order valence-corrected chi connectivity index (χ4v) is 2.44. The summed E-state index contributed by atoms with van der Waals surface area (Å²) >= 11 is 0. The van der Waals surface area contributed by atoms with E-state index in [0.29, 0.717) is 22.8 Å². The van der Waals surface area contributed by atoms with Crippen LogP contribution in [0.5, 0.6) is 11.5 Å². The van der Waals surface area contributed by atoms with Gasteiger partial charge in [-0.2, -0.15) is 0 Å². The van der Waals surface area contributed by atoms with Crippen molar-refractivity contribution in [2.24, 2.45) is 0 Å². The monoisotopic (exact) mass is 349 g/mol. The van der Waals surface area contributed by atoms with E-state index < -0.39 is 0 Å². The molecule has 2 N–H and O–H groups in total. The molecule has 0 fully saturated rings. The van der Waals surface area contributed by atoms with Crippen LogP contribution in [0.25, 0.3) is 0 Å². The maximum absolute atomic E-state index is 12.7. The lowest BCUT2D eigenvalue weighted by Gasteiger charge is -2.13. The lowest BCUT2D eigenvalue weighted by molar-refractivity contribution is 0.102. The molecule has 0 radical (unpaired) electrons. The normalized spacial score (nSPS) is 10.1. The van der Waals surface area contributed by atoms with E-state index in [1.54, 1.807) is 44.7 Å². The number of carbonyl (C=O) groups excluding carboxylic acids is 1. The first-order valence-corrected chi connectivity index (χ1v) is 8.01. The Bertz CT molecular complexity index is 895. The van der Waals surface area contributed by atoms with Crippen molar-refractivity contribution in [2.45, 2.75) is 0 Å². The Morgan fingerprint density at radius 2 is 1.69 bits per heavy atom. The fraction of sp³-hybridized carbons (Fsp3) is 0.100. The number of ether oxygens (including phenoxy) is 2. The lowest BCUT2D eigenvalue weighted by atomic mass is 10.2. The predicted molar refractivity (Wildman–Crippen MR) is 101 cm³/mol. The summed E-state index contributed by atoms with van der Waals surface area (Å²) in [5.41, 5.74) is 1.82. The number of amides is 1. The zero-order valence-electron chi connectivity index (χ0n) is 14.5. The summed E-state index contributed by atoms with van der Waals surface area (Å²) in [6, 6.07) is 18.1. The first-order valence-electron chi connectivity index (χ1n) is 8.01. The third kappa shape index (κ3) is 3.92. The van der Waals surface area contributed by atoms with Gasteiger partial charge in [0.15, 0.2) is 0 Å². The van der Waals surface area contributed by atoms with Crippen molar-refractivity contribution in [1.82, 2.24) is 4.98 Å². The number of methoxy groups -OCH3 is 2. The number of nitrogens with zero attached hydrogens (tertiary/aromatic N) is 1. The van der Waals surface area contributed by atoms with Crippen molar-refractivity contribution in [3.05, 3.63) is 72.4 Å². The zero-order valence-corrected chi connectivity index (χ0v) is 14.5. The lowest BCUT2D eigenvalue weighted by Crippen LogP contribution is -2.15. The van der Waals surface area contributed by atoms with Gasteiger partial charge in [-0.15, -0.1) is 0 Å². The molecule has 0 unspecified atom stereocenters. The number of aromatic nitrogens is 1. The van der Waals surface area contributed by atoms with E-state index in [9.17, 15) is 4.79 Å². The Morgan fingerprint density at radius 1 is 0.923 bits per heavy atom. The summed E-state index contributed by atoms with van der Waals surface area (Å²) in [6.07, 6.45) is 1.63. The number of rotatable bonds is 6. The Labute approximate surface area is 151 Å². The van der Waals surface area contributed by atoms with Gasteiger partial charge in [0.05, 0.1) is 25.5 Å². The van der Waals surface area contributed by atoms with Crippen LogP contribution < -0.4 is 20.1 Å². The SMILES string of the molecule is COc1ccc(Nc2ncccc2C(=O)Nc2ccccc2OC)cc1. The Kier molecular flexibility index (Phi) is 5.34. The van der Waals surface area contributed by atoms with E-state index in [1.807, 2.05) is 36.4 Å². The van der Waals surface area contributed by atoms with Gasteiger partial charge in [-0.05, 0) is 48.5 Å². The van der Waals surface area contributed by atoms with E-state index in [1.165, 1.54) is 0 Å². The average Bonchev–Trinajstić information content (AvgIpc) is 2.69. The molecule has 2 aromatic carbocycles. The van der Waals surface area contributed by atoms with Crippen molar-refractivity contribution in [3.63, 3.8) is 0 Å². The molecular weight excluding hydrogens is 330 g/mol. The molecule has 0 aliphatic rings. The number of hydrogen-bond donors (Lipinski definition) is 2. The molecule has 6 nitrogen and oxygen atoms in total. The molecule has 0 aliphatic heterocycles. The highest BCUT2D eigenvalue weighted by Gasteiger charge is 2.14. The number of nitrogens with one attached hydrogen (secondary N) is 2. The van der Waals surface area contributed by atoms with Gasteiger partial charge < -0.3 is 20.1 Å². The summed E-state index contributed by atoms with van der Waals surface area (Å²) in [4.78, 5) is 17.0. The fourth-order valence-electron chi connectivity index (χ4n) is 2.44. The van der Waals surface area contributed by atoms with Crippen molar-refractivity contribution in [3.8, 4) is 11.5 Å². The van der Waals surface area contributed by atoms with Crippen LogP contribution in [-0.2, 0) is 0 Å². The van der Waals surface area contributed by atoms with Gasteiger partial charge in [-0.1, -0.05) is 12.1 Å². The molecule has 0 atom stereocenters. The van der Waals surface area contributed by atoms with Gasteiger partial charge in [0, 0.05) is 11.9 Å². The van der Waals surface area contributed by atoms with Crippen LogP contribution in [0.1, 0.15) is 10.4 Å². The van der Waals surface area contributed by atoms with E-state index in [4.69, 9.17) is 9.47 Å². The van der Waals surface area contributed by atoms with Gasteiger partial charge in [-0.3, -0.25) is 4.79 Å². The molecule has 132 valence electrons. The molecule has 1 aromatic heterocycles. The highest BCUT2D eigenvalue weighted by atomic mass is 16.5. The molecule has 0 saturated carbocycles. The van der Waals surface area contributed by atoms with E-state index in [-0.39, 0.29) is 5.91 Å². The number of pyridine rings is 1. The molecule has 0 saturated heterocycles. The standard InChI is InChI=1S/C20H19N3O3/c1-25-15-11-9-14(10-12-15)22-19-16(6-5-13-21-19)20(24)23-17-7-3-4-8-18(17)26-2/h3-13H,1-2H3,(H,21,22)(H,23,24). The highest BCUT2D eigenvalue weighted by Crippen LogP contribution is 2.26. The molecule has 3 rings (SSSR count). The van der Waals surface area contributed by atoms with Gasteiger partial charge in [0.2, 0.25) is 0 Å². The van der Waals surface area contributed by atoms with Crippen LogP contribution >= 0.6 is 0 Å². The smallest absolute Gasteiger partial charge is 0.259 e. The van der Waals surface area contributed by atoms with Crippen molar-refractivity contribution < 1.29 is 14.3 Å². The molecule has 3 aromatic rings. The van der Waals surface area contributed by atoms with E-state index in [2.05, 4.69) is 15.6 Å². The molecule has 26 heavy (non-hydrogen) atoms. The third-order valence-corrected chi connectivity index (χ3v) is 3.76. The molecule has 0 aliphatic carbocycles. The summed E-state index contributed by atoms with van der Waals surface area (Å²) < 4.78 is 10.4. The number of para-hydroxylation sites is 2. The summed E-state index contributed by atoms with van der Waals surface area (Å²) in [6.45, 7) is 0. The number of benzene rings is 2. The number of hydrogen-bond acceptors (Lipinski definition) is 5. The van der Waals surface area contributed by atoms with Gasteiger partial charge in [-0.25, -0.2) is 4.98 Å². The van der Waals surface area contributed by atoms with Crippen LogP contribution in [0.4, 0.5) is 17.2 Å². The second-order valence-electron chi connectivity index (χ2n) is 5.41. The van der Waals surface area contributed by atoms with Crippen LogP contribution in [-0.4, -0.2) is 25.1 Å². The summed E-state index contributed by atoms with van der Waals surface area (Å²) in [5, 5.41) is 6.02. The topological polar surface area (TPSA) is 72.5 Å². The zero-order chi connectivity index (χ0) is 18.4. The minimum atomic E-state index is -0.279. The van der Waals surface area contributed by atoms with Gasteiger partial charge in [0.1, 0.15) is 17.3 Å². The van der Waals surface area contributed by atoms with Crippen LogP contribution in [0, 0.1) is 0 Å². The maximum atomic E-state index is 12.7. The van der Waals surface area contributed by atoms with E-state index >= 15 is 0 Å². The Morgan fingerprint density at radius 3 is 2.42 bits per heavy atom. The highest BCUT2D eigenvalue weighted by molar-refractivity contribution is 6.08. The van der Waals surface area contributed by atoms with Crippen molar-refractivity contribution >= 4 is 23.1 Å². The number of carbonyl (C=O) groups is 1. The minimum Gasteiger partial charge on any atom is -0.497 e. The molecule has 0 spiro atoms. The molecule has 1 heterocycles. The summed E-state index contributed by atoms with van der Waals surface area (Å²) in [5.74, 6) is 1.53. The minimum absolute atomic E-state index is 0.279. The van der Waals surface area contributed by atoms with Gasteiger partial charge >= 0.3 is 0 Å². The molecule has 0 bridgehead atoms. The average molecular weight is 349 g/mol. The van der Waals surface area contributed by atoms with Crippen molar-refractivity contribution in [1.29, 1.82) is 0 Å². The second-order valence-corrected chi connectivity index (χ2v) is 5.41. The van der Waals surface area contributed by atoms with Crippen LogP contribution in [0.3, 0.4) is 0 Å².